The Balaban J connectivity index is 1.38. The van der Waals surface area contributed by atoms with E-state index in [1.807, 2.05) is 32.1 Å². The number of carbonyl (C=O) groups excluding carboxylic acids is 4. The molecule has 3 aromatic rings. The standard InChI is InChI=1S/C46H55FN4O10/c1-7-42(56)21-27-22-45(40(54)59-5,36-29(12-16-49(23-27)24-42)30-18-28(47)10-11-33(30)48-36)32-19-31-34(20-35(32)58-4)51(25-52)38-44(31)14-17-50-15-9-13-43(8-2,37(44)50)39(61-26(3)53)46(38,57)41(55)60-6/h9-11,13,18-20,25,27,37-39,48,56-57H,7-8,12,14-17,21-24H2,1-6H3/t27-,37-,38?,39+,42-,43+,44+,45-,46?/m0/s1. The number of ether oxygens (including phenoxy) is 4. The van der Waals surface area contributed by atoms with Crippen molar-refractivity contribution in [2.45, 2.75) is 99.5 Å². The van der Waals surface area contributed by atoms with Gasteiger partial charge in [-0.1, -0.05) is 26.0 Å². The Bertz CT molecular complexity index is 2370. The summed E-state index contributed by atoms with van der Waals surface area (Å²) in [6.45, 7) is 7.74. The minimum Gasteiger partial charge on any atom is -0.496 e. The number of aliphatic hydroxyl groups is 2. The molecule has 5 aliphatic heterocycles. The van der Waals surface area contributed by atoms with Crippen molar-refractivity contribution < 1.29 is 52.7 Å². The fourth-order valence-corrected chi connectivity index (χ4v) is 13.4. The first kappa shape index (κ1) is 41.5. The third kappa shape index (κ3) is 5.45. The van der Waals surface area contributed by atoms with Crippen molar-refractivity contribution in [1.82, 2.24) is 14.8 Å². The molecule has 6 aliphatic rings. The second kappa shape index (κ2) is 14.4. The summed E-state index contributed by atoms with van der Waals surface area (Å²) < 4.78 is 38.7. The van der Waals surface area contributed by atoms with Gasteiger partial charge >= 0.3 is 17.9 Å². The zero-order valence-electron chi connectivity index (χ0n) is 35.6. The van der Waals surface area contributed by atoms with Crippen molar-refractivity contribution in [1.29, 1.82) is 0 Å². The normalized spacial score (nSPS) is 36.1. The van der Waals surface area contributed by atoms with Crippen LogP contribution in [-0.2, 0) is 50.6 Å². The fourth-order valence-electron chi connectivity index (χ4n) is 13.4. The van der Waals surface area contributed by atoms with Gasteiger partial charge in [-0.2, -0.15) is 0 Å². The number of rotatable bonds is 8. The van der Waals surface area contributed by atoms with Gasteiger partial charge in [0, 0.05) is 78.2 Å². The summed E-state index contributed by atoms with van der Waals surface area (Å²) >= 11 is 0. The average molecular weight is 843 g/mol. The number of amides is 1. The van der Waals surface area contributed by atoms with E-state index in [-0.39, 0.29) is 18.1 Å². The fraction of sp³-hybridized carbons (Fsp3) is 0.565. The van der Waals surface area contributed by atoms with Crippen LogP contribution < -0.4 is 9.64 Å². The summed E-state index contributed by atoms with van der Waals surface area (Å²) in [5.41, 5.74) is -4.30. The molecule has 1 spiro atoms. The number of esters is 3. The van der Waals surface area contributed by atoms with Crippen LogP contribution in [0.3, 0.4) is 0 Å². The second-order valence-corrected chi connectivity index (χ2v) is 18.3. The van der Waals surface area contributed by atoms with E-state index in [2.05, 4.69) is 14.8 Å². The van der Waals surface area contributed by atoms with Crippen molar-refractivity contribution in [2.75, 3.05) is 59.0 Å². The molecular formula is C46H55FN4O10. The van der Waals surface area contributed by atoms with Crippen LogP contribution >= 0.6 is 0 Å². The number of anilines is 1. The highest BCUT2D eigenvalue weighted by Crippen LogP contribution is 2.68. The molecule has 15 heteroatoms. The maximum atomic E-state index is 15.3. The van der Waals surface area contributed by atoms with Crippen LogP contribution in [0.15, 0.2) is 42.5 Å². The molecule has 6 heterocycles. The molecule has 2 aromatic carbocycles. The van der Waals surface area contributed by atoms with Crippen molar-refractivity contribution >= 4 is 40.9 Å². The summed E-state index contributed by atoms with van der Waals surface area (Å²) in [5.74, 6) is -2.79. The van der Waals surface area contributed by atoms with Crippen molar-refractivity contribution in [3.63, 3.8) is 0 Å². The predicted molar refractivity (Wildman–Crippen MR) is 221 cm³/mol. The van der Waals surface area contributed by atoms with Crippen LogP contribution in [-0.4, -0.2) is 133 Å². The largest absolute Gasteiger partial charge is 0.496 e. The van der Waals surface area contributed by atoms with E-state index in [4.69, 9.17) is 18.9 Å². The lowest BCUT2D eigenvalue weighted by Gasteiger charge is -2.63. The first-order valence-corrected chi connectivity index (χ1v) is 21.4. The molecule has 61 heavy (non-hydrogen) atoms. The van der Waals surface area contributed by atoms with Crippen molar-refractivity contribution in [3.05, 3.63) is 70.7 Å². The number of H-pyrrole nitrogens is 1. The molecule has 3 fully saturated rings. The molecular weight excluding hydrogens is 788 g/mol. The topological polar surface area (TPSA) is 171 Å². The number of aromatic nitrogens is 1. The number of nitrogens with one attached hydrogen (secondary N) is 1. The number of hydrogen-bond acceptors (Lipinski definition) is 12. The summed E-state index contributed by atoms with van der Waals surface area (Å²) in [5, 5.41) is 25.9. The second-order valence-electron chi connectivity index (χ2n) is 18.3. The number of methoxy groups -OCH3 is 3. The molecule has 326 valence electrons. The lowest BCUT2D eigenvalue weighted by atomic mass is 9.47. The molecule has 14 nitrogen and oxygen atoms in total. The predicted octanol–water partition coefficient (Wildman–Crippen LogP) is 3.66. The maximum absolute atomic E-state index is 15.3. The monoisotopic (exact) mass is 842 g/mol. The Hall–Kier alpha value is -4.83. The minimum absolute atomic E-state index is 0.168. The summed E-state index contributed by atoms with van der Waals surface area (Å²) in [7, 11) is 3.97. The first-order chi connectivity index (χ1) is 29.2. The highest BCUT2D eigenvalue weighted by Gasteiger charge is 2.81. The van der Waals surface area contributed by atoms with Gasteiger partial charge in [0.2, 0.25) is 12.0 Å². The number of piperidine rings is 1. The van der Waals surface area contributed by atoms with E-state index in [9.17, 15) is 24.6 Å². The van der Waals surface area contributed by atoms with Gasteiger partial charge in [-0.05, 0) is 86.4 Å². The lowest BCUT2D eigenvalue weighted by Crippen LogP contribution is -2.81. The molecule has 2 bridgehead atoms. The molecule has 1 amide bonds. The van der Waals surface area contributed by atoms with Crippen LogP contribution in [0.4, 0.5) is 10.1 Å². The van der Waals surface area contributed by atoms with Crippen LogP contribution in [0.5, 0.6) is 5.75 Å². The number of carbonyl (C=O) groups is 4. The number of aromatic amines is 1. The Morgan fingerprint density at radius 3 is 2.43 bits per heavy atom. The highest BCUT2D eigenvalue weighted by molar-refractivity contribution is 5.96. The molecule has 9 rings (SSSR count). The van der Waals surface area contributed by atoms with Gasteiger partial charge in [0.25, 0.3) is 0 Å². The van der Waals surface area contributed by atoms with E-state index in [1.54, 1.807) is 12.1 Å². The average Bonchev–Trinajstić information content (AvgIpc) is 3.92. The van der Waals surface area contributed by atoms with Crippen molar-refractivity contribution in [3.8, 4) is 5.75 Å². The van der Waals surface area contributed by atoms with Crippen LogP contribution in [0.1, 0.15) is 75.3 Å². The number of halogens is 1. The molecule has 1 saturated carbocycles. The molecule has 1 aliphatic carbocycles. The van der Waals surface area contributed by atoms with Gasteiger partial charge in [0.1, 0.15) is 17.0 Å². The van der Waals surface area contributed by atoms with Crippen LogP contribution in [0.2, 0.25) is 0 Å². The van der Waals surface area contributed by atoms with Crippen LogP contribution in [0, 0.1) is 17.2 Å². The minimum atomic E-state index is -2.57. The van der Waals surface area contributed by atoms with Gasteiger partial charge in [-0.15, -0.1) is 0 Å². The molecule has 1 aromatic heterocycles. The van der Waals surface area contributed by atoms with Gasteiger partial charge < -0.3 is 39.0 Å². The Morgan fingerprint density at radius 2 is 1.75 bits per heavy atom. The third-order valence-corrected chi connectivity index (χ3v) is 15.6. The molecule has 10 atom stereocenters. The number of benzene rings is 2. The SMILES string of the molecule is CC[C@]1(O)C[C@@H]2CN(CCc3c([nH]c4ccc(F)cc34)[C@@](C(=O)OC)(c3cc4c(cc3OC)N(C=O)C3C(O)(C(=O)OC)[C@H](OC(C)=O)[C@]5(CC)C=CCN6CC[C@]43[C@@H]65)C2)C1. The van der Waals surface area contributed by atoms with Crippen molar-refractivity contribution in [2.24, 2.45) is 11.3 Å². The highest BCUT2D eigenvalue weighted by atomic mass is 19.1. The van der Waals surface area contributed by atoms with Gasteiger partial charge in [-0.25, -0.2) is 9.18 Å². The third-order valence-electron chi connectivity index (χ3n) is 15.6. The zero-order chi connectivity index (χ0) is 43.4. The Morgan fingerprint density at radius 1 is 0.984 bits per heavy atom. The van der Waals surface area contributed by atoms with E-state index >= 15 is 9.18 Å². The quantitative estimate of drug-likeness (QED) is 0.130. The van der Waals surface area contributed by atoms with Gasteiger partial charge in [0.05, 0.1) is 38.7 Å². The molecule has 3 N–H and O–H groups in total. The summed E-state index contributed by atoms with van der Waals surface area (Å²) in [6, 6.07) is 6.27. The van der Waals surface area contributed by atoms with Gasteiger partial charge in [-0.3, -0.25) is 24.2 Å². The number of nitrogens with zero attached hydrogens (tertiary/aromatic N) is 3. The molecule has 0 radical (unpaired) electrons. The smallest absolute Gasteiger partial charge is 0.344 e. The lowest BCUT2D eigenvalue weighted by molar-refractivity contribution is -0.228. The summed E-state index contributed by atoms with van der Waals surface area (Å²) in [4.78, 5) is 65.8. The van der Waals surface area contributed by atoms with Crippen LogP contribution in [0.25, 0.3) is 10.9 Å². The number of fused-ring (bicyclic) bond motifs is 6. The number of hydrogen-bond donors (Lipinski definition) is 3. The first-order valence-electron chi connectivity index (χ1n) is 21.4. The van der Waals surface area contributed by atoms with E-state index in [0.29, 0.717) is 105 Å². The maximum Gasteiger partial charge on any atom is 0.344 e. The molecule has 3 unspecified atom stereocenters. The summed E-state index contributed by atoms with van der Waals surface area (Å²) in [6.07, 6.45) is 5.27. The Labute approximate surface area is 353 Å². The van der Waals surface area contributed by atoms with Gasteiger partial charge in [0.15, 0.2) is 6.10 Å². The Kier molecular flexibility index (Phi) is 9.78. The zero-order valence-corrected chi connectivity index (χ0v) is 35.6. The van der Waals surface area contributed by atoms with E-state index < -0.39 is 69.4 Å². The molecule has 2 saturated heterocycles. The van der Waals surface area contributed by atoms with E-state index in [1.165, 1.54) is 38.2 Å². The van der Waals surface area contributed by atoms with E-state index in [0.717, 1.165) is 12.7 Å².